The van der Waals surface area contributed by atoms with Crippen molar-refractivity contribution in [1.82, 2.24) is 24.6 Å². The zero-order valence-electron chi connectivity index (χ0n) is 12.0. The largest absolute Gasteiger partial charge is 0.305 e. The highest BCUT2D eigenvalue weighted by Crippen LogP contribution is 2.22. The first-order valence-electron chi connectivity index (χ1n) is 7.02. The molecule has 0 amide bonds. The van der Waals surface area contributed by atoms with E-state index < -0.39 is 0 Å². The van der Waals surface area contributed by atoms with E-state index in [1.807, 2.05) is 59.3 Å². The van der Waals surface area contributed by atoms with Crippen LogP contribution in [-0.4, -0.2) is 24.6 Å². The van der Waals surface area contributed by atoms with E-state index in [0.29, 0.717) is 15.9 Å². The third-order valence-electron chi connectivity index (χ3n) is 3.33. The standard InChI is InChI=1S/C16H12ClN5S/c17-12-6-7-14-18-13(9-22(14)8-12)10-23-16-19-15(20-21-16)11-4-2-1-3-5-11/h1-9H,10H2,(H,19,20,21). The summed E-state index contributed by atoms with van der Waals surface area (Å²) in [4.78, 5) is 9.06. The van der Waals surface area contributed by atoms with E-state index in [0.717, 1.165) is 22.7 Å². The number of halogens is 1. The number of fused-ring (bicyclic) bond motifs is 1. The van der Waals surface area contributed by atoms with Crippen molar-refractivity contribution < 1.29 is 0 Å². The molecule has 3 aromatic heterocycles. The van der Waals surface area contributed by atoms with Gasteiger partial charge >= 0.3 is 0 Å². The summed E-state index contributed by atoms with van der Waals surface area (Å²) < 4.78 is 1.92. The number of pyridine rings is 1. The molecule has 0 atom stereocenters. The van der Waals surface area contributed by atoms with Crippen LogP contribution in [0.15, 0.2) is 60.0 Å². The second kappa shape index (κ2) is 6.06. The molecule has 1 N–H and O–H groups in total. The Morgan fingerprint density at radius 3 is 2.78 bits per heavy atom. The van der Waals surface area contributed by atoms with Gasteiger partial charge in [-0.05, 0) is 12.1 Å². The molecule has 0 aliphatic rings. The van der Waals surface area contributed by atoms with Crippen LogP contribution in [-0.2, 0) is 5.75 Å². The van der Waals surface area contributed by atoms with Gasteiger partial charge in [-0.1, -0.05) is 53.7 Å². The molecule has 0 fully saturated rings. The number of hydrogen-bond donors (Lipinski definition) is 1. The molecule has 4 rings (SSSR count). The molecule has 0 unspecified atom stereocenters. The van der Waals surface area contributed by atoms with Gasteiger partial charge in [0.25, 0.3) is 0 Å². The van der Waals surface area contributed by atoms with Crippen LogP contribution in [0.5, 0.6) is 0 Å². The van der Waals surface area contributed by atoms with Crippen LogP contribution >= 0.6 is 23.4 Å². The van der Waals surface area contributed by atoms with Gasteiger partial charge in [-0.3, -0.25) is 5.10 Å². The average Bonchev–Trinajstić information content (AvgIpc) is 3.20. The summed E-state index contributed by atoms with van der Waals surface area (Å²) in [7, 11) is 0. The number of aromatic nitrogens is 5. The van der Waals surface area contributed by atoms with Crippen LogP contribution in [0, 0.1) is 0 Å². The summed E-state index contributed by atoms with van der Waals surface area (Å²) in [5, 5.41) is 8.61. The van der Waals surface area contributed by atoms with Crippen molar-refractivity contribution >= 4 is 29.0 Å². The maximum Gasteiger partial charge on any atom is 0.209 e. The molecule has 0 saturated heterocycles. The Morgan fingerprint density at radius 1 is 1.04 bits per heavy atom. The van der Waals surface area contributed by atoms with Crippen LogP contribution in [0.3, 0.4) is 0 Å². The summed E-state index contributed by atoms with van der Waals surface area (Å²) in [5.41, 5.74) is 2.86. The summed E-state index contributed by atoms with van der Waals surface area (Å²) >= 11 is 7.53. The summed E-state index contributed by atoms with van der Waals surface area (Å²) in [6, 6.07) is 13.7. The first kappa shape index (κ1) is 14.3. The van der Waals surface area contributed by atoms with Gasteiger partial charge in [0.2, 0.25) is 5.16 Å². The molecule has 3 heterocycles. The van der Waals surface area contributed by atoms with Gasteiger partial charge in [0.1, 0.15) is 5.65 Å². The zero-order chi connectivity index (χ0) is 15.6. The van der Waals surface area contributed by atoms with Gasteiger partial charge in [-0.2, -0.15) is 0 Å². The van der Waals surface area contributed by atoms with Crippen LogP contribution < -0.4 is 0 Å². The van der Waals surface area contributed by atoms with Gasteiger partial charge in [-0.25, -0.2) is 9.97 Å². The monoisotopic (exact) mass is 341 g/mol. The molecular formula is C16H12ClN5S. The number of nitrogens with zero attached hydrogens (tertiary/aromatic N) is 4. The molecule has 0 aliphatic carbocycles. The minimum absolute atomic E-state index is 0.690. The Balaban J connectivity index is 1.49. The third kappa shape index (κ3) is 3.09. The number of H-pyrrole nitrogens is 1. The second-order valence-corrected chi connectivity index (χ2v) is 6.35. The first-order valence-corrected chi connectivity index (χ1v) is 8.38. The number of hydrogen-bond acceptors (Lipinski definition) is 4. The molecule has 5 nitrogen and oxygen atoms in total. The summed E-state index contributed by atoms with van der Waals surface area (Å²) in [6.07, 6.45) is 3.82. The lowest BCUT2D eigenvalue weighted by atomic mass is 10.2. The molecular weight excluding hydrogens is 330 g/mol. The Morgan fingerprint density at radius 2 is 1.91 bits per heavy atom. The van der Waals surface area contributed by atoms with E-state index in [4.69, 9.17) is 11.6 Å². The van der Waals surface area contributed by atoms with Crippen molar-refractivity contribution in [2.24, 2.45) is 0 Å². The van der Waals surface area contributed by atoms with Crippen molar-refractivity contribution in [3.05, 3.63) is 65.6 Å². The Labute approximate surface area is 141 Å². The highest BCUT2D eigenvalue weighted by molar-refractivity contribution is 7.98. The predicted molar refractivity (Wildman–Crippen MR) is 91.6 cm³/mol. The molecule has 1 aromatic carbocycles. The van der Waals surface area contributed by atoms with E-state index >= 15 is 0 Å². The van der Waals surface area contributed by atoms with Crippen molar-refractivity contribution in [2.75, 3.05) is 0 Å². The molecule has 0 bridgehead atoms. The SMILES string of the molecule is Clc1ccc2nc(CSc3n[nH]c(-c4ccccc4)n3)cn2c1. The predicted octanol–water partition coefficient (Wildman–Crippen LogP) is 4.07. The molecule has 4 aromatic rings. The van der Waals surface area contributed by atoms with E-state index in [9.17, 15) is 0 Å². The minimum Gasteiger partial charge on any atom is -0.305 e. The number of thioether (sulfide) groups is 1. The Bertz CT molecular complexity index is 947. The number of rotatable bonds is 4. The molecule has 0 radical (unpaired) electrons. The van der Waals surface area contributed by atoms with Crippen LogP contribution in [0.25, 0.3) is 17.0 Å². The molecule has 0 aliphatic heterocycles. The van der Waals surface area contributed by atoms with Gasteiger partial charge in [0.15, 0.2) is 5.82 Å². The third-order valence-corrected chi connectivity index (χ3v) is 4.43. The van der Waals surface area contributed by atoms with Crippen molar-refractivity contribution in [1.29, 1.82) is 0 Å². The number of aromatic amines is 1. The average molecular weight is 342 g/mol. The van der Waals surface area contributed by atoms with E-state index in [2.05, 4.69) is 20.2 Å². The summed E-state index contributed by atoms with van der Waals surface area (Å²) in [6.45, 7) is 0. The molecule has 7 heteroatoms. The smallest absolute Gasteiger partial charge is 0.209 e. The van der Waals surface area contributed by atoms with Crippen molar-refractivity contribution in [3.8, 4) is 11.4 Å². The lowest BCUT2D eigenvalue weighted by Crippen LogP contribution is -1.82. The lowest BCUT2D eigenvalue weighted by molar-refractivity contribution is 0.972. The quantitative estimate of drug-likeness (QED) is 0.568. The maximum atomic E-state index is 5.98. The van der Waals surface area contributed by atoms with Crippen LogP contribution in [0.2, 0.25) is 5.02 Å². The van der Waals surface area contributed by atoms with Crippen molar-refractivity contribution in [2.45, 2.75) is 10.9 Å². The lowest BCUT2D eigenvalue weighted by Gasteiger charge is -1.93. The van der Waals surface area contributed by atoms with Crippen LogP contribution in [0.1, 0.15) is 5.69 Å². The van der Waals surface area contributed by atoms with Gasteiger partial charge in [0.05, 0.1) is 10.7 Å². The fraction of sp³-hybridized carbons (Fsp3) is 0.0625. The topological polar surface area (TPSA) is 58.9 Å². The number of nitrogens with one attached hydrogen (secondary N) is 1. The molecule has 114 valence electrons. The van der Waals surface area contributed by atoms with Gasteiger partial charge in [-0.15, -0.1) is 5.10 Å². The number of benzene rings is 1. The van der Waals surface area contributed by atoms with Crippen molar-refractivity contribution in [3.63, 3.8) is 0 Å². The normalized spacial score (nSPS) is 11.2. The molecule has 23 heavy (non-hydrogen) atoms. The highest BCUT2D eigenvalue weighted by Gasteiger charge is 2.08. The van der Waals surface area contributed by atoms with Crippen LogP contribution in [0.4, 0.5) is 0 Å². The molecule has 0 saturated carbocycles. The fourth-order valence-electron chi connectivity index (χ4n) is 2.26. The summed E-state index contributed by atoms with van der Waals surface area (Å²) in [5.74, 6) is 1.47. The Hall–Kier alpha value is -2.31. The van der Waals surface area contributed by atoms with E-state index in [1.165, 1.54) is 0 Å². The Kier molecular flexibility index (Phi) is 3.77. The fourth-order valence-corrected chi connectivity index (χ4v) is 3.11. The zero-order valence-corrected chi connectivity index (χ0v) is 13.6. The highest BCUT2D eigenvalue weighted by atomic mass is 35.5. The molecule has 0 spiro atoms. The van der Waals surface area contributed by atoms with E-state index in [-0.39, 0.29) is 0 Å². The number of imidazole rings is 1. The van der Waals surface area contributed by atoms with E-state index in [1.54, 1.807) is 11.8 Å². The second-order valence-electron chi connectivity index (χ2n) is 4.97. The maximum absolute atomic E-state index is 5.98. The minimum atomic E-state index is 0.690. The first-order chi connectivity index (χ1) is 11.3. The van der Waals surface area contributed by atoms with Gasteiger partial charge in [0, 0.05) is 23.7 Å². The van der Waals surface area contributed by atoms with Gasteiger partial charge < -0.3 is 4.40 Å².